The molecule has 2 saturated carbocycles. The molecule has 2 aliphatic carbocycles. The van der Waals surface area contributed by atoms with Gasteiger partial charge in [0, 0.05) is 45.3 Å². The number of carbonyl (C=O) groups excluding carboxylic acids is 1. The minimum Gasteiger partial charge on any atom is -0.385 e. The Morgan fingerprint density at radius 2 is 2.00 bits per heavy atom. The molecule has 2 unspecified atom stereocenters. The van der Waals surface area contributed by atoms with E-state index in [1.165, 1.54) is 0 Å². The van der Waals surface area contributed by atoms with Crippen LogP contribution >= 0.6 is 24.0 Å². The summed E-state index contributed by atoms with van der Waals surface area (Å²) in [6, 6.07) is 0.666. The summed E-state index contributed by atoms with van der Waals surface area (Å²) >= 11 is 0. The van der Waals surface area contributed by atoms with Crippen molar-refractivity contribution in [1.29, 1.82) is 0 Å². The fraction of sp³-hybridized carbons (Fsp3) is 0.800. The lowest BCUT2D eigenvalue weighted by atomic mass is 9.85. The van der Waals surface area contributed by atoms with Gasteiger partial charge in [0.05, 0.1) is 0 Å². The smallest absolute Gasteiger partial charge is 0.223 e. The van der Waals surface area contributed by atoms with E-state index in [0.29, 0.717) is 19.2 Å². The van der Waals surface area contributed by atoms with E-state index in [-0.39, 0.29) is 41.8 Å². The Hall–Kier alpha value is -1.43. The van der Waals surface area contributed by atoms with Crippen molar-refractivity contribution in [2.45, 2.75) is 70.5 Å². The number of carbonyl (C=O) groups is 1. The molecule has 3 rings (SSSR count). The van der Waals surface area contributed by atoms with Crippen molar-refractivity contribution in [3.63, 3.8) is 0 Å². The van der Waals surface area contributed by atoms with Crippen molar-refractivity contribution in [1.82, 2.24) is 30.7 Å². The highest BCUT2D eigenvalue weighted by atomic mass is 127. The molecule has 1 heterocycles. The van der Waals surface area contributed by atoms with Crippen molar-refractivity contribution in [3.8, 4) is 0 Å². The molecule has 3 N–H and O–H groups in total. The van der Waals surface area contributed by atoms with Crippen LogP contribution in [0.1, 0.15) is 56.6 Å². The van der Waals surface area contributed by atoms with Crippen LogP contribution in [-0.2, 0) is 23.1 Å². The average molecular weight is 533 g/mol. The third kappa shape index (κ3) is 7.68. The molecule has 2 atom stereocenters. The zero-order chi connectivity index (χ0) is 20.6. The maximum atomic E-state index is 12.5. The van der Waals surface area contributed by atoms with Crippen LogP contribution in [0.2, 0.25) is 0 Å². The predicted molar refractivity (Wildman–Crippen MR) is 127 cm³/mol. The minimum absolute atomic E-state index is 0. The van der Waals surface area contributed by atoms with Crippen LogP contribution in [0.4, 0.5) is 0 Å². The summed E-state index contributed by atoms with van der Waals surface area (Å²) in [6.07, 6.45) is 7.09. The molecule has 0 aromatic carbocycles. The Morgan fingerprint density at radius 3 is 2.67 bits per heavy atom. The third-order valence-electron chi connectivity index (χ3n) is 5.69. The van der Waals surface area contributed by atoms with E-state index in [1.807, 2.05) is 18.5 Å². The lowest BCUT2D eigenvalue weighted by Crippen LogP contribution is -2.47. The van der Waals surface area contributed by atoms with Gasteiger partial charge in [0.25, 0.3) is 0 Å². The number of aliphatic imine (C=N–C) groups is 1. The van der Waals surface area contributed by atoms with E-state index in [4.69, 9.17) is 9.73 Å². The molecule has 30 heavy (non-hydrogen) atoms. The van der Waals surface area contributed by atoms with Gasteiger partial charge in [-0.1, -0.05) is 6.42 Å². The van der Waals surface area contributed by atoms with E-state index in [2.05, 4.69) is 26.1 Å². The second kappa shape index (κ2) is 12.4. The number of amides is 1. The number of nitrogens with one attached hydrogen (secondary N) is 3. The molecule has 2 aliphatic rings. The van der Waals surface area contributed by atoms with E-state index < -0.39 is 0 Å². The average Bonchev–Trinajstić information content (AvgIpc) is 3.48. The fourth-order valence-electron chi connectivity index (χ4n) is 3.61. The van der Waals surface area contributed by atoms with Crippen LogP contribution in [0.5, 0.6) is 0 Å². The summed E-state index contributed by atoms with van der Waals surface area (Å²) < 4.78 is 7.08. The Kier molecular flexibility index (Phi) is 10.3. The number of guanidine groups is 1. The molecule has 0 spiro atoms. The lowest BCUT2D eigenvalue weighted by Gasteiger charge is -2.30. The molecule has 9 nitrogen and oxygen atoms in total. The summed E-state index contributed by atoms with van der Waals surface area (Å²) in [5.41, 5.74) is 0. The molecule has 0 aliphatic heterocycles. The van der Waals surface area contributed by atoms with Crippen LogP contribution in [-0.4, -0.2) is 59.0 Å². The Bertz CT molecular complexity index is 705. The number of hydrogen-bond donors (Lipinski definition) is 3. The molecule has 170 valence electrons. The van der Waals surface area contributed by atoms with Gasteiger partial charge in [0.15, 0.2) is 11.8 Å². The van der Waals surface area contributed by atoms with Crippen LogP contribution in [0.3, 0.4) is 0 Å². The van der Waals surface area contributed by atoms with Gasteiger partial charge in [0.1, 0.15) is 12.4 Å². The summed E-state index contributed by atoms with van der Waals surface area (Å²) in [4.78, 5) is 17.2. The third-order valence-corrected chi connectivity index (χ3v) is 5.69. The van der Waals surface area contributed by atoms with Crippen molar-refractivity contribution >= 4 is 35.8 Å². The molecule has 0 bridgehead atoms. The van der Waals surface area contributed by atoms with Gasteiger partial charge in [-0.15, -0.1) is 34.2 Å². The first-order valence-corrected chi connectivity index (χ1v) is 10.8. The zero-order valence-electron chi connectivity index (χ0n) is 18.3. The summed E-state index contributed by atoms with van der Waals surface area (Å²) in [5.74, 6) is 2.77. The highest BCUT2D eigenvalue weighted by Gasteiger charge is 2.31. The number of methoxy groups -OCH3 is 1. The monoisotopic (exact) mass is 533 g/mol. The molecular formula is C20H36IN7O2. The van der Waals surface area contributed by atoms with Crippen molar-refractivity contribution < 1.29 is 9.53 Å². The fourth-order valence-corrected chi connectivity index (χ4v) is 3.61. The second-order valence-electron chi connectivity index (χ2n) is 8.15. The molecule has 0 radical (unpaired) electrons. The highest BCUT2D eigenvalue weighted by Crippen LogP contribution is 2.26. The first-order chi connectivity index (χ1) is 14.1. The van der Waals surface area contributed by atoms with Crippen molar-refractivity contribution in [3.05, 3.63) is 11.6 Å². The quantitative estimate of drug-likeness (QED) is 0.193. The number of nitrogens with zero attached hydrogens (tertiary/aromatic N) is 4. The standard InChI is InChI=1S/C20H35N7O2.HI/c1-14-25-26-18(27(14)2)13-22-20(21-10-5-11-29-3)24-17-7-4-6-15(12-17)19(28)23-16-8-9-16;/h15-17H,4-13H2,1-3H3,(H,23,28)(H2,21,22,24);1H. The van der Waals surface area contributed by atoms with Gasteiger partial charge >= 0.3 is 0 Å². The molecule has 10 heteroatoms. The molecule has 2 fully saturated rings. The predicted octanol–water partition coefficient (Wildman–Crippen LogP) is 1.65. The van der Waals surface area contributed by atoms with Gasteiger partial charge in [-0.05, 0) is 45.4 Å². The first-order valence-electron chi connectivity index (χ1n) is 10.8. The highest BCUT2D eigenvalue weighted by molar-refractivity contribution is 14.0. The summed E-state index contributed by atoms with van der Waals surface area (Å²) in [7, 11) is 3.65. The maximum Gasteiger partial charge on any atom is 0.223 e. The van der Waals surface area contributed by atoms with E-state index in [0.717, 1.165) is 69.1 Å². The van der Waals surface area contributed by atoms with Crippen molar-refractivity contribution in [2.24, 2.45) is 18.0 Å². The number of rotatable bonds is 9. The van der Waals surface area contributed by atoms with Crippen LogP contribution in [0, 0.1) is 12.8 Å². The van der Waals surface area contributed by atoms with Gasteiger partial charge in [-0.2, -0.15) is 0 Å². The number of aromatic nitrogens is 3. The number of aryl methyl sites for hydroxylation is 1. The molecule has 0 saturated heterocycles. The topological polar surface area (TPSA) is 105 Å². The zero-order valence-corrected chi connectivity index (χ0v) is 20.6. The minimum atomic E-state index is 0. The molecule has 1 aromatic heterocycles. The SMILES string of the molecule is COCCCNC(=NCc1nnc(C)n1C)NC1CCCC(C(=O)NC2CC2)C1.I. The molecule has 1 aromatic rings. The van der Waals surface area contributed by atoms with E-state index in [1.54, 1.807) is 7.11 Å². The Balaban J connectivity index is 0.00000320. The number of hydrogen-bond acceptors (Lipinski definition) is 5. The van der Waals surface area contributed by atoms with Gasteiger partial charge in [-0.3, -0.25) is 4.79 Å². The van der Waals surface area contributed by atoms with Crippen LogP contribution < -0.4 is 16.0 Å². The Labute approximate surface area is 196 Å². The number of ether oxygens (including phenoxy) is 1. The Morgan fingerprint density at radius 1 is 1.20 bits per heavy atom. The molecular weight excluding hydrogens is 497 g/mol. The van der Waals surface area contributed by atoms with Crippen LogP contribution in [0.15, 0.2) is 4.99 Å². The maximum absolute atomic E-state index is 12.5. The summed E-state index contributed by atoms with van der Waals surface area (Å²) in [5, 5.41) is 18.4. The van der Waals surface area contributed by atoms with Gasteiger partial charge in [-0.25, -0.2) is 4.99 Å². The van der Waals surface area contributed by atoms with Crippen LogP contribution in [0.25, 0.3) is 0 Å². The lowest BCUT2D eigenvalue weighted by molar-refractivity contribution is -0.126. The normalized spacial score (nSPS) is 21.6. The van der Waals surface area contributed by atoms with Gasteiger partial charge < -0.3 is 25.3 Å². The van der Waals surface area contributed by atoms with E-state index >= 15 is 0 Å². The van der Waals surface area contributed by atoms with E-state index in [9.17, 15) is 4.79 Å². The summed E-state index contributed by atoms with van der Waals surface area (Å²) in [6.45, 7) is 3.86. The second-order valence-corrected chi connectivity index (χ2v) is 8.15. The van der Waals surface area contributed by atoms with Gasteiger partial charge in [0.2, 0.25) is 5.91 Å². The number of halogens is 1. The molecule has 1 amide bonds. The largest absolute Gasteiger partial charge is 0.385 e. The van der Waals surface area contributed by atoms with Crippen molar-refractivity contribution in [2.75, 3.05) is 20.3 Å². The first kappa shape index (κ1) is 24.8.